The van der Waals surface area contributed by atoms with Gasteiger partial charge in [0.25, 0.3) is 0 Å². The van der Waals surface area contributed by atoms with Gasteiger partial charge in [0, 0.05) is 5.41 Å². The topological polar surface area (TPSA) is 59.1 Å². The quantitative estimate of drug-likeness (QED) is 0.627. The molecule has 6 heteroatoms. The zero-order valence-electron chi connectivity index (χ0n) is 14.5. The number of likely N-dealkylation sites (tertiary alicyclic amines) is 2. The first-order valence-corrected chi connectivity index (χ1v) is 8.71. The minimum absolute atomic E-state index is 0.191. The van der Waals surface area contributed by atoms with E-state index in [1.165, 1.54) is 0 Å². The van der Waals surface area contributed by atoms with E-state index in [0.29, 0.717) is 13.1 Å². The van der Waals surface area contributed by atoms with Crippen LogP contribution in [0.5, 0.6) is 0 Å². The fraction of sp³-hybridized carbons (Fsp3) is 0.882. The summed E-state index contributed by atoms with van der Waals surface area (Å²) in [5.41, 5.74) is -0.360. The van der Waals surface area contributed by atoms with Gasteiger partial charge in [0.1, 0.15) is 0 Å². The van der Waals surface area contributed by atoms with E-state index in [-0.39, 0.29) is 30.6 Å². The Bertz CT molecular complexity index is 363. The van der Waals surface area contributed by atoms with Gasteiger partial charge in [-0.05, 0) is 51.9 Å². The normalized spacial score (nSPS) is 19.9. The molecule has 0 amide bonds. The van der Waals surface area contributed by atoms with Crippen molar-refractivity contribution >= 4 is 11.9 Å². The Morgan fingerprint density at radius 2 is 1.13 bits per heavy atom. The van der Waals surface area contributed by atoms with Gasteiger partial charge in [-0.25, -0.2) is 0 Å². The van der Waals surface area contributed by atoms with Crippen molar-refractivity contribution in [3.63, 3.8) is 0 Å². The summed E-state index contributed by atoms with van der Waals surface area (Å²) < 4.78 is 10.7. The molecular formula is C17H30N2O4. The van der Waals surface area contributed by atoms with Crippen LogP contribution < -0.4 is 0 Å². The van der Waals surface area contributed by atoms with Crippen molar-refractivity contribution in [3.05, 3.63) is 0 Å². The molecular weight excluding hydrogens is 296 g/mol. The maximum atomic E-state index is 11.8. The third-order valence-electron chi connectivity index (χ3n) is 4.35. The molecule has 0 unspecified atom stereocenters. The first-order chi connectivity index (χ1) is 10.9. The molecule has 0 atom stereocenters. The number of hydrogen-bond acceptors (Lipinski definition) is 6. The Hall–Kier alpha value is -1.14. The highest BCUT2D eigenvalue weighted by atomic mass is 16.5. The highest BCUT2D eigenvalue weighted by molar-refractivity contribution is 5.72. The SMILES string of the molecule is CC(C)(COC(=O)CN1CCCC1)COC(=O)CN1CCCC1. The molecule has 0 aromatic carbocycles. The van der Waals surface area contributed by atoms with Crippen LogP contribution in [0.2, 0.25) is 0 Å². The van der Waals surface area contributed by atoms with Crippen LogP contribution in [0.25, 0.3) is 0 Å². The summed E-state index contributed by atoms with van der Waals surface area (Å²) in [6.45, 7) is 9.08. The van der Waals surface area contributed by atoms with Crippen LogP contribution in [-0.2, 0) is 19.1 Å². The van der Waals surface area contributed by atoms with E-state index < -0.39 is 0 Å². The number of carbonyl (C=O) groups excluding carboxylic acids is 2. The Balaban J connectivity index is 1.60. The first-order valence-electron chi connectivity index (χ1n) is 8.71. The van der Waals surface area contributed by atoms with Crippen molar-refractivity contribution < 1.29 is 19.1 Å². The molecule has 2 rings (SSSR count). The van der Waals surface area contributed by atoms with E-state index in [2.05, 4.69) is 9.80 Å². The second-order valence-electron chi connectivity index (χ2n) is 7.45. The summed E-state index contributed by atoms with van der Waals surface area (Å²) in [4.78, 5) is 27.9. The van der Waals surface area contributed by atoms with E-state index in [0.717, 1.165) is 51.9 Å². The molecule has 2 aliphatic rings. The fourth-order valence-corrected chi connectivity index (χ4v) is 2.93. The molecule has 0 spiro atoms. The van der Waals surface area contributed by atoms with Gasteiger partial charge in [-0.2, -0.15) is 0 Å². The molecule has 0 bridgehead atoms. The van der Waals surface area contributed by atoms with Gasteiger partial charge in [0.2, 0.25) is 0 Å². The minimum atomic E-state index is -0.360. The second kappa shape index (κ2) is 8.64. The van der Waals surface area contributed by atoms with Gasteiger partial charge in [0.15, 0.2) is 0 Å². The molecule has 132 valence electrons. The predicted octanol–water partition coefficient (Wildman–Crippen LogP) is 1.29. The Labute approximate surface area is 139 Å². The Kier molecular flexibility index (Phi) is 6.84. The van der Waals surface area contributed by atoms with E-state index in [1.54, 1.807) is 0 Å². The number of nitrogens with zero attached hydrogens (tertiary/aromatic N) is 2. The Morgan fingerprint density at radius 1 is 0.783 bits per heavy atom. The largest absolute Gasteiger partial charge is 0.464 e. The summed E-state index contributed by atoms with van der Waals surface area (Å²) in [5.74, 6) is -0.383. The van der Waals surface area contributed by atoms with Crippen LogP contribution in [0.3, 0.4) is 0 Å². The molecule has 2 fully saturated rings. The van der Waals surface area contributed by atoms with Gasteiger partial charge in [-0.15, -0.1) is 0 Å². The van der Waals surface area contributed by atoms with Crippen LogP contribution >= 0.6 is 0 Å². The van der Waals surface area contributed by atoms with Gasteiger partial charge in [0.05, 0.1) is 26.3 Å². The second-order valence-corrected chi connectivity index (χ2v) is 7.45. The molecule has 0 aliphatic carbocycles. The molecule has 0 saturated carbocycles. The monoisotopic (exact) mass is 326 g/mol. The lowest BCUT2D eigenvalue weighted by atomic mass is 9.96. The van der Waals surface area contributed by atoms with Crippen LogP contribution in [0.15, 0.2) is 0 Å². The van der Waals surface area contributed by atoms with Crippen LogP contribution in [0.4, 0.5) is 0 Å². The standard InChI is InChI=1S/C17H30N2O4/c1-17(2,13-22-15(20)11-18-7-3-4-8-18)14-23-16(21)12-19-9-5-6-10-19/h3-14H2,1-2H3. The third-order valence-corrected chi connectivity index (χ3v) is 4.35. The number of ether oxygens (including phenoxy) is 2. The number of carbonyl (C=O) groups is 2. The van der Waals surface area contributed by atoms with Gasteiger partial charge in [-0.1, -0.05) is 13.8 Å². The van der Waals surface area contributed by atoms with E-state index in [4.69, 9.17) is 9.47 Å². The molecule has 0 aromatic rings. The maximum Gasteiger partial charge on any atom is 0.320 e. The molecule has 6 nitrogen and oxygen atoms in total. The van der Waals surface area contributed by atoms with Crippen molar-refractivity contribution in [2.45, 2.75) is 39.5 Å². The van der Waals surface area contributed by atoms with Crippen LogP contribution in [0.1, 0.15) is 39.5 Å². The zero-order valence-corrected chi connectivity index (χ0v) is 14.5. The summed E-state index contributed by atoms with van der Waals surface area (Å²) in [7, 11) is 0. The fourth-order valence-electron chi connectivity index (χ4n) is 2.93. The number of esters is 2. The Morgan fingerprint density at radius 3 is 1.48 bits per heavy atom. The first kappa shape index (κ1) is 18.2. The van der Waals surface area contributed by atoms with Crippen molar-refractivity contribution in [1.29, 1.82) is 0 Å². The highest BCUT2D eigenvalue weighted by Gasteiger charge is 2.25. The summed E-state index contributed by atoms with van der Waals surface area (Å²) >= 11 is 0. The molecule has 23 heavy (non-hydrogen) atoms. The molecule has 0 radical (unpaired) electrons. The van der Waals surface area contributed by atoms with Gasteiger partial charge < -0.3 is 9.47 Å². The lowest BCUT2D eigenvalue weighted by Gasteiger charge is -2.25. The highest BCUT2D eigenvalue weighted by Crippen LogP contribution is 2.17. The summed E-state index contributed by atoms with van der Waals surface area (Å²) in [6.07, 6.45) is 4.63. The third kappa shape index (κ3) is 6.87. The predicted molar refractivity (Wildman–Crippen MR) is 87.0 cm³/mol. The molecule has 2 heterocycles. The smallest absolute Gasteiger partial charge is 0.320 e. The van der Waals surface area contributed by atoms with E-state index in [1.807, 2.05) is 13.8 Å². The minimum Gasteiger partial charge on any atom is -0.464 e. The van der Waals surface area contributed by atoms with Crippen molar-refractivity contribution in [2.75, 3.05) is 52.5 Å². The molecule has 0 aromatic heterocycles. The molecule has 2 aliphatic heterocycles. The maximum absolute atomic E-state index is 11.8. The van der Waals surface area contributed by atoms with Crippen molar-refractivity contribution in [3.8, 4) is 0 Å². The number of hydrogen-bond donors (Lipinski definition) is 0. The number of rotatable bonds is 8. The van der Waals surface area contributed by atoms with Crippen molar-refractivity contribution in [2.24, 2.45) is 5.41 Å². The average Bonchev–Trinajstić information content (AvgIpc) is 3.17. The summed E-state index contributed by atoms with van der Waals surface area (Å²) in [6, 6.07) is 0. The van der Waals surface area contributed by atoms with Gasteiger partial charge >= 0.3 is 11.9 Å². The molecule has 2 saturated heterocycles. The van der Waals surface area contributed by atoms with E-state index >= 15 is 0 Å². The summed E-state index contributed by atoms with van der Waals surface area (Å²) in [5, 5.41) is 0. The van der Waals surface area contributed by atoms with Crippen LogP contribution in [-0.4, -0.2) is 74.2 Å². The van der Waals surface area contributed by atoms with Crippen LogP contribution in [0, 0.1) is 5.41 Å². The lowest BCUT2D eigenvalue weighted by molar-refractivity contribution is -0.153. The lowest BCUT2D eigenvalue weighted by Crippen LogP contribution is -2.34. The zero-order chi connectivity index (χ0) is 16.7. The van der Waals surface area contributed by atoms with Crippen molar-refractivity contribution in [1.82, 2.24) is 9.80 Å². The average molecular weight is 326 g/mol. The molecule has 0 N–H and O–H groups in total. The van der Waals surface area contributed by atoms with Gasteiger partial charge in [-0.3, -0.25) is 19.4 Å². The van der Waals surface area contributed by atoms with E-state index in [9.17, 15) is 9.59 Å².